The van der Waals surface area contributed by atoms with Crippen molar-refractivity contribution in [3.8, 4) is 5.75 Å². The molecule has 2 rings (SSSR count). The number of nitrogens with zero attached hydrogens (tertiary/aromatic N) is 2. The lowest BCUT2D eigenvalue weighted by atomic mass is 10.2. The summed E-state index contributed by atoms with van der Waals surface area (Å²) in [5.74, 6) is 0.958. The van der Waals surface area contributed by atoms with Gasteiger partial charge in [0.05, 0.1) is 26.0 Å². The fourth-order valence-corrected chi connectivity index (χ4v) is 2.02. The molecule has 1 heterocycles. The predicted octanol–water partition coefficient (Wildman–Crippen LogP) is 2.02. The average molecular weight is 305 g/mol. The first-order chi connectivity index (χ1) is 10.6. The summed E-state index contributed by atoms with van der Waals surface area (Å²) < 4.78 is 10.2. The van der Waals surface area contributed by atoms with Crippen molar-refractivity contribution in [1.29, 1.82) is 0 Å². The molecule has 0 spiro atoms. The summed E-state index contributed by atoms with van der Waals surface area (Å²) in [6.45, 7) is 2.12. The van der Waals surface area contributed by atoms with Gasteiger partial charge in [-0.05, 0) is 13.0 Å². The van der Waals surface area contributed by atoms with E-state index in [0.717, 1.165) is 5.56 Å². The highest BCUT2D eigenvalue weighted by molar-refractivity contribution is 5.87. The molecule has 0 aliphatic heterocycles. The van der Waals surface area contributed by atoms with Crippen LogP contribution in [-0.4, -0.2) is 41.5 Å². The van der Waals surface area contributed by atoms with Crippen LogP contribution in [-0.2, 0) is 6.54 Å². The molecular formula is C15H19N3O4. The fraction of sp³-hybridized carbons (Fsp3) is 0.333. The highest BCUT2D eigenvalue weighted by atomic mass is 16.5. The monoisotopic (exact) mass is 305 g/mol. The average Bonchev–Trinajstić information content (AvgIpc) is 2.92. The third-order valence-corrected chi connectivity index (χ3v) is 3.07. The lowest BCUT2D eigenvalue weighted by Gasteiger charge is -2.22. The number of anilines is 1. The summed E-state index contributed by atoms with van der Waals surface area (Å²) >= 11 is 0. The van der Waals surface area contributed by atoms with Gasteiger partial charge in [-0.1, -0.05) is 23.4 Å². The van der Waals surface area contributed by atoms with Crippen LogP contribution in [0.2, 0.25) is 0 Å². The van der Waals surface area contributed by atoms with Crippen molar-refractivity contribution < 1.29 is 19.2 Å². The van der Waals surface area contributed by atoms with E-state index < -0.39 is 0 Å². The smallest absolute Gasteiger partial charge is 0.324 e. The molecule has 0 saturated carbocycles. The van der Waals surface area contributed by atoms with E-state index in [1.165, 1.54) is 4.90 Å². The van der Waals surface area contributed by atoms with Crippen LogP contribution in [0.3, 0.4) is 0 Å². The molecule has 0 saturated heterocycles. The third kappa shape index (κ3) is 3.98. The van der Waals surface area contributed by atoms with Gasteiger partial charge in [0.2, 0.25) is 5.88 Å². The molecule has 0 unspecified atom stereocenters. The van der Waals surface area contributed by atoms with Crippen LogP contribution in [0.25, 0.3) is 0 Å². The Morgan fingerprint density at radius 2 is 2.23 bits per heavy atom. The second-order valence-corrected chi connectivity index (χ2v) is 4.72. The van der Waals surface area contributed by atoms with Gasteiger partial charge in [0.1, 0.15) is 5.75 Å². The van der Waals surface area contributed by atoms with Crippen LogP contribution in [0.4, 0.5) is 10.7 Å². The number of rotatable bonds is 6. The van der Waals surface area contributed by atoms with Crippen molar-refractivity contribution in [2.75, 3.05) is 25.6 Å². The van der Waals surface area contributed by atoms with Crippen molar-refractivity contribution in [3.05, 3.63) is 41.6 Å². The summed E-state index contributed by atoms with van der Waals surface area (Å²) in [5, 5.41) is 15.5. The van der Waals surface area contributed by atoms with E-state index in [-0.39, 0.29) is 25.1 Å². The van der Waals surface area contributed by atoms with E-state index in [1.54, 1.807) is 20.1 Å². The number of benzene rings is 1. The summed E-state index contributed by atoms with van der Waals surface area (Å²) in [6, 6.07) is 8.66. The number of nitrogens with one attached hydrogen (secondary N) is 1. The van der Waals surface area contributed by atoms with Crippen LogP contribution in [0.5, 0.6) is 5.75 Å². The Balaban J connectivity index is 2.10. The van der Waals surface area contributed by atoms with Crippen LogP contribution in [0.1, 0.15) is 11.3 Å². The molecule has 0 aliphatic carbocycles. The van der Waals surface area contributed by atoms with E-state index in [0.29, 0.717) is 18.0 Å². The molecule has 118 valence electrons. The number of carbonyl (C=O) groups excluding carboxylic acids is 1. The molecule has 1 aromatic heterocycles. The van der Waals surface area contributed by atoms with Gasteiger partial charge in [-0.25, -0.2) is 4.79 Å². The summed E-state index contributed by atoms with van der Waals surface area (Å²) in [4.78, 5) is 13.8. The molecule has 2 amide bonds. The van der Waals surface area contributed by atoms with Crippen LogP contribution in [0, 0.1) is 6.92 Å². The minimum Gasteiger partial charge on any atom is -0.496 e. The molecule has 0 bridgehead atoms. The van der Waals surface area contributed by atoms with Crippen LogP contribution in [0.15, 0.2) is 34.9 Å². The number of aromatic nitrogens is 1. The number of ether oxygens (including phenoxy) is 1. The standard InChI is InChI=1S/C15H19N3O4/c1-11-9-14(22-17-11)16-15(20)18(7-8-19)10-12-5-3-4-6-13(12)21-2/h3-6,9,19H,7-8,10H2,1-2H3,(H,16,20). The van der Waals surface area contributed by atoms with Crippen molar-refractivity contribution in [2.24, 2.45) is 0 Å². The molecule has 2 N–H and O–H groups in total. The molecule has 2 aromatic rings. The van der Waals surface area contributed by atoms with E-state index in [1.807, 2.05) is 24.3 Å². The zero-order valence-corrected chi connectivity index (χ0v) is 12.6. The molecule has 22 heavy (non-hydrogen) atoms. The second-order valence-electron chi connectivity index (χ2n) is 4.72. The Morgan fingerprint density at radius 1 is 1.45 bits per heavy atom. The SMILES string of the molecule is COc1ccccc1CN(CCO)C(=O)Nc1cc(C)no1. The maximum Gasteiger partial charge on any atom is 0.324 e. The topological polar surface area (TPSA) is 87.8 Å². The number of carbonyl (C=O) groups is 1. The number of aliphatic hydroxyl groups excluding tert-OH is 1. The maximum absolute atomic E-state index is 12.3. The van der Waals surface area contributed by atoms with E-state index in [9.17, 15) is 9.90 Å². The first-order valence-corrected chi connectivity index (χ1v) is 6.86. The molecule has 0 aliphatic rings. The normalized spacial score (nSPS) is 10.3. The number of hydrogen-bond donors (Lipinski definition) is 2. The second kappa shape index (κ2) is 7.46. The molecule has 0 fully saturated rings. The number of para-hydroxylation sites is 1. The Morgan fingerprint density at radius 3 is 2.86 bits per heavy atom. The van der Waals surface area contributed by atoms with Gasteiger partial charge in [0, 0.05) is 18.2 Å². The molecule has 7 nitrogen and oxygen atoms in total. The molecule has 0 atom stereocenters. The van der Waals surface area contributed by atoms with Crippen molar-refractivity contribution >= 4 is 11.9 Å². The van der Waals surface area contributed by atoms with Crippen LogP contribution >= 0.6 is 0 Å². The predicted molar refractivity (Wildman–Crippen MR) is 80.7 cm³/mol. The number of urea groups is 1. The lowest BCUT2D eigenvalue weighted by molar-refractivity contribution is 0.184. The minimum absolute atomic E-state index is 0.141. The first kappa shape index (κ1) is 15.8. The van der Waals surface area contributed by atoms with Gasteiger partial charge in [-0.15, -0.1) is 0 Å². The summed E-state index contributed by atoms with van der Waals surface area (Å²) in [7, 11) is 1.58. The molecule has 7 heteroatoms. The summed E-state index contributed by atoms with van der Waals surface area (Å²) in [5.41, 5.74) is 1.52. The zero-order valence-electron chi connectivity index (χ0n) is 12.6. The lowest BCUT2D eigenvalue weighted by Crippen LogP contribution is -2.36. The van der Waals surface area contributed by atoms with Crippen molar-refractivity contribution in [1.82, 2.24) is 10.1 Å². The number of aliphatic hydroxyl groups is 1. The van der Waals surface area contributed by atoms with E-state index in [2.05, 4.69) is 10.5 Å². The Hall–Kier alpha value is -2.54. The highest BCUT2D eigenvalue weighted by Gasteiger charge is 2.17. The Labute approximate surface area is 128 Å². The van der Waals surface area contributed by atoms with Gasteiger partial charge in [0.15, 0.2) is 0 Å². The van der Waals surface area contributed by atoms with Crippen molar-refractivity contribution in [2.45, 2.75) is 13.5 Å². The number of methoxy groups -OCH3 is 1. The van der Waals surface area contributed by atoms with Gasteiger partial charge < -0.3 is 19.3 Å². The molecule has 0 radical (unpaired) electrons. The number of hydrogen-bond acceptors (Lipinski definition) is 5. The molecule has 1 aromatic carbocycles. The quantitative estimate of drug-likeness (QED) is 0.852. The van der Waals surface area contributed by atoms with E-state index >= 15 is 0 Å². The minimum atomic E-state index is -0.379. The maximum atomic E-state index is 12.3. The Kier molecular flexibility index (Phi) is 5.37. The number of aryl methyl sites for hydroxylation is 1. The van der Waals surface area contributed by atoms with Gasteiger partial charge in [-0.2, -0.15) is 0 Å². The van der Waals surface area contributed by atoms with E-state index in [4.69, 9.17) is 9.26 Å². The highest BCUT2D eigenvalue weighted by Crippen LogP contribution is 2.20. The first-order valence-electron chi connectivity index (χ1n) is 6.86. The Bertz CT molecular complexity index is 627. The van der Waals surface area contributed by atoms with Gasteiger partial charge in [0.25, 0.3) is 0 Å². The fourth-order valence-electron chi connectivity index (χ4n) is 2.02. The molecular weight excluding hydrogens is 286 g/mol. The number of amides is 2. The largest absolute Gasteiger partial charge is 0.496 e. The van der Waals surface area contributed by atoms with Crippen LogP contribution < -0.4 is 10.1 Å². The van der Waals surface area contributed by atoms with Crippen molar-refractivity contribution in [3.63, 3.8) is 0 Å². The van der Waals surface area contributed by atoms with Gasteiger partial charge in [-0.3, -0.25) is 5.32 Å². The van der Waals surface area contributed by atoms with Gasteiger partial charge >= 0.3 is 6.03 Å². The zero-order chi connectivity index (χ0) is 15.9. The third-order valence-electron chi connectivity index (χ3n) is 3.07. The summed E-state index contributed by atoms with van der Waals surface area (Å²) in [6.07, 6.45) is 0.